The second-order valence-electron chi connectivity index (χ2n) is 10.0. The van der Waals surface area contributed by atoms with Crippen LogP contribution in [0.3, 0.4) is 0 Å². The standard InChI is InChI=1S/C28H41N2O6P/c1-6-36-37(34,23-15-11-8-12-16-23)28(33,25(29)18-21(4)5)26(31)24(17-20(2)3)30-27(32)35-19-22-13-9-7-10-14-22/h7-16,20-21,24-25,33H,6,17-19,29H2,1-5H3,(H,30,32)/t24-,25-,28-,37+/m0/s1. The van der Waals surface area contributed by atoms with E-state index in [1.54, 1.807) is 37.3 Å². The Labute approximate surface area is 220 Å². The van der Waals surface area contributed by atoms with Crippen molar-refractivity contribution in [2.75, 3.05) is 6.61 Å². The van der Waals surface area contributed by atoms with Crippen molar-refractivity contribution in [3.63, 3.8) is 0 Å². The Hall–Kier alpha value is -2.51. The molecule has 0 radical (unpaired) electrons. The summed E-state index contributed by atoms with van der Waals surface area (Å²) >= 11 is 0. The molecule has 9 heteroatoms. The van der Waals surface area contributed by atoms with Gasteiger partial charge in [-0.3, -0.25) is 9.36 Å². The van der Waals surface area contributed by atoms with Crippen LogP contribution >= 0.6 is 7.37 Å². The SMILES string of the molecule is CCO[P@](=O)(c1ccccc1)[C@](O)(C(=O)[C@H](CC(C)C)NC(=O)OCc1ccccc1)[C@@H](N)CC(C)C. The van der Waals surface area contributed by atoms with E-state index in [2.05, 4.69) is 5.32 Å². The smallest absolute Gasteiger partial charge is 0.408 e. The second-order valence-corrected chi connectivity index (χ2v) is 12.6. The van der Waals surface area contributed by atoms with Gasteiger partial charge in [0.1, 0.15) is 6.61 Å². The van der Waals surface area contributed by atoms with Crippen LogP contribution in [0.2, 0.25) is 0 Å². The summed E-state index contributed by atoms with van der Waals surface area (Å²) in [5.74, 6) is -0.906. The first-order valence-corrected chi connectivity index (χ1v) is 14.4. The topological polar surface area (TPSA) is 128 Å². The van der Waals surface area contributed by atoms with Crippen LogP contribution in [0.4, 0.5) is 4.79 Å². The van der Waals surface area contributed by atoms with E-state index in [1.807, 2.05) is 58.0 Å². The lowest BCUT2D eigenvalue weighted by Crippen LogP contribution is -2.61. The third-order valence-corrected chi connectivity index (χ3v) is 9.04. The molecule has 4 atom stereocenters. The molecule has 4 N–H and O–H groups in total. The summed E-state index contributed by atoms with van der Waals surface area (Å²) in [6.45, 7) is 9.17. The van der Waals surface area contributed by atoms with Gasteiger partial charge in [0.15, 0.2) is 5.78 Å². The fourth-order valence-electron chi connectivity index (χ4n) is 4.26. The molecule has 0 heterocycles. The van der Waals surface area contributed by atoms with Gasteiger partial charge in [0.05, 0.1) is 18.7 Å². The molecule has 204 valence electrons. The number of carbonyl (C=O) groups excluding carboxylic acids is 2. The van der Waals surface area contributed by atoms with Crippen molar-refractivity contribution in [3.05, 3.63) is 66.2 Å². The van der Waals surface area contributed by atoms with Gasteiger partial charge in [-0.15, -0.1) is 0 Å². The monoisotopic (exact) mass is 532 g/mol. The first kappa shape index (κ1) is 30.7. The Morgan fingerprint density at radius 3 is 2.03 bits per heavy atom. The number of nitrogens with two attached hydrogens (primary N) is 1. The summed E-state index contributed by atoms with van der Waals surface area (Å²) in [5.41, 5.74) is 7.26. The number of hydrogen-bond acceptors (Lipinski definition) is 7. The molecule has 0 aliphatic heterocycles. The van der Waals surface area contributed by atoms with Crippen LogP contribution in [-0.4, -0.2) is 41.0 Å². The largest absolute Gasteiger partial charge is 0.445 e. The number of carbonyl (C=O) groups is 2. The summed E-state index contributed by atoms with van der Waals surface area (Å²) in [4.78, 5) is 26.9. The molecule has 0 saturated heterocycles. The van der Waals surface area contributed by atoms with Crippen molar-refractivity contribution in [1.29, 1.82) is 0 Å². The zero-order valence-corrected chi connectivity index (χ0v) is 23.3. The zero-order chi connectivity index (χ0) is 27.6. The van der Waals surface area contributed by atoms with E-state index in [1.165, 1.54) is 0 Å². The molecule has 0 fully saturated rings. The maximum absolute atomic E-state index is 14.6. The molecule has 2 rings (SSSR count). The lowest BCUT2D eigenvalue weighted by Gasteiger charge is -2.41. The number of Topliss-reactive ketones (excluding diaryl/α,β-unsaturated/α-hetero) is 1. The van der Waals surface area contributed by atoms with Gasteiger partial charge in [0.2, 0.25) is 5.34 Å². The van der Waals surface area contributed by atoms with Crippen molar-refractivity contribution in [3.8, 4) is 0 Å². The van der Waals surface area contributed by atoms with Crippen LogP contribution < -0.4 is 16.4 Å². The third-order valence-electron chi connectivity index (χ3n) is 5.99. The number of benzene rings is 2. The molecule has 0 aromatic heterocycles. The van der Waals surface area contributed by atoms with E-state index in [9.17, 15) is 19.3 Å². The highest BCUT2D eigenvalue weighted by atomic mass is 31.2. The van der Waals surface area contributed by atoms with Gasteiger partial charge >= 0.3 is 6.09 Å². The molecule has 0 aliphatic rings. The van der Waals surface area contributed by atoms with Crippen LogP contribution in [0.5, 0.6) is 0 Å². The lowest BCUT2D eigenvalue weighted by atomic mass is 9.90. The number of aliphatic hydroxyl groups is 1. The molecule has 2 aromatic rings. The average molecular weight is 533 g/mol. The number of ether oxygens (including phenoxy) is 1. The molecule has 0 spiro atoms. The minimum atomic E-state index is -4.28. The minimum Gasteiger partial charge on any atom is -0.445 e. The number of hydrogen-bond donors (Lipinski definition) is 3. The van der Waals surface area contributed by atoms with Gasteiger partial charge in [-0.05, 0) is 49.3 Å². The molecule has 2 aromatic carbocycles. The van der Waals surface area contributed by atoms with Crippen LogP contribution in [-0.2, 0) is 25.2 Å². The first-order valence-electron chi connectivity index (χ1n) is 12.7. The lowest BCUT2D eigenvalue weighted by molar-refractivity contribution is -0.135. The van der Waals surface area contributed by atoms with E-state index in [4.69, 9.17) is 15.0 Å². The molecule has 0 saturated carbocycles. The predicted octanol–water partition coefficient (Wildman–Crippen LogP) is 4.60. The Morgan fingerprint density at radius 1 is 0.973 bits per heavy atom. The number of alkyl carbamates (subject to hydrolysis) is 1. The Balaban J connectivity index is 2.49. The Morgan fingerprint density at radius 2 is 1.51 bits per heavy atom. The van der Waals surface area contributed by atoms with Crippen molar-refractivity contribution < 1.29 is 28.5 Å². The summed E-state index contributed by atoms with van der Waals surface area (Å²) < 4.78 is 25.6. The molecule has 1 amide bonds. The zero-order valence-electron chi connectivity index (χ0n) is 22.4. The van der Waals surface area contributed by atoms with Crippen molar-refractivity contribution in [1.82, 2.24) is 5.32 Å². The van der Waals surface area contributed by atoms with Crippen LogP contribution in [0, 0.1) is 11.8 Å². The number of rotatable bonds is 14. The van der Waals surface area contributed by atoms with E-state index in [-0.39, 0.29) is 43.2 Å². The average Bonchev–Trinajstić information content (AvgIpc) is 2.86. The minimum absolute atomic E-state index is 0.00693. The molecule has 37 heavy (non-hydrogen) atoms. The van der Waals surface area contributed by atoms with Gasteiger partial charge in [-0.25, -0.2) is 4.79 Å². The number of amides is 1. The maximum Gasteiger partial charge on any atom is 0.408 e. The molecule has 0 unspecified atom stereocenters. The van der Waals surface area contributed by atoms with Gasteiger partial charge < -0.3 is 25.4 Å². The molecular weight excluding hydrogens is 491 g/mol. The summed E-state index contributed by atoms with van der Waals surface area (Å²) in [6.07, 6.45) is -0.441. The highest BCUT2D eigenvalue weighted by Gasteiger charge is 2.60. The van der Waals surface area contributed by atoms with E-state index < -0.39 is 36.7 Å². The second kappa shape index (κ2) is 13.9. The van der Waals surface area contributed by atoms with Gasteiger partial charge in [-0.1, -0.05) is 76.2 Å². The summed E-state index contributed by atoms with van der Waals surface area (Å²) in [7, 11) is -4.28. The van der Waals surface area contributed by atoms with E-state index in [0.29, 0.717) is 0 Å². The maximum atomic E-state index is 14.6. The molecular formula is C28H41N2O6P. The fraction of sp³-hybridized carbons (Fsp3) is 0.500. The number of ketones is 1. The first-order chi connectivity index (χ1) is 17.5. The molecule has 0 aliphatic carbocycles. The Bertz CT molecular complexity index is 1050. The fourth-order valence-corrected chi connectivity index (χ4v) is 6.92. The third kappa shape index (κ3) is 7.74. The van der Waals surface area contributed by atoms with Crippen LogP contribution in [0.15, 0.2) is 60.7 Å². The summed E-state index contributed by atoms with van der Waals surface area (Å²) in [6, 6.07) is 14.9. The van der Waals surface area contributed by atoms with E-state index in [0.717, 1.165) is 5.56 Å². The van der Waals surface area contributed by atoms with Crippen molar-refractivity contribution in [2.24, 2.45) is 17.6 Å². The van der Waals surface area contributed by atoms with Crippen molar-refractivity contribution in [2.45, 2.75) is 71.5 Å². The number of nitrogens with one attached hydrogen (secondary N) is 1. The molecule has 8 nitrogen and oxygen atoms in total. The normalized spacial score (nSPS) is 16.5. The van der Waals surface area contributed by atoms with Gasteiger partial charge in [0, 0.05) is 5.30 Å². The molecule has 0 bridgehead atoms. The Kier molecular flexibility index (Phi) is 11.5. The van der Waals surface area contributed by atoms with Crippen molar-refractivity contribution >= 4 is 24.5 Å². The summed E-state index contributed by atoms with van der Waals surface area (Å²) in [5, 5.41) is 12.3. The van der Waals surface area contributed by atoms with E-state index >= 15 is 0 Å². The van der Waals surface area contributed by atoms with Crippen LogP contribution in [0.1, 0.15) is 53.0 Å². The van der Waals surface area contributed by atoms with Gasteiger partial charge in [0.25, 0.3) is 7.37 Å². The quantitative estimate of drug-likeness (QED) is 0.303. The highest BCUT2D eigenvalue weighted by Crippen LogP contribution is 2.59. The van der Waals surface area contributed by atoms with Crippen LogP contribution in [0.25, 0.3) is 0 Å². The highest BCUT2D eigenvalue weighted by molar-refractivity contribution is 7.69. The predicted molar refractivity (Wildman–Crippen MR) is 146 cm³/mol. The van der Waals surface area contributed by atoms with Gasteiger partial charge in [-0.2, -0.15) is 0 Å².